The molecule has 2 rings (SSSR count). The van der Waals surface area contributed by atoms with Crippen molar-refractivity contribution in [3.63, 3.8) is 0 Å². The minimum absolute atomic E-state index is 0.0142. The van der Waals surface area contributed by atoms with Crippen molar-refractivity contribution >= 4 is 11.8 Å². The summed E-state index contributed by atoms with van der Waals surface area (Å²) in [6.45, 7) is 4.86. The predicted octanol–water partition coefficient (Wildman–Crippen LogP) is 3.76. The third-order valence-electron chi connectivity index (χ3n) is 4.53. The fourth-order valence-corrected chi connectivity index (χ4v) is 2.71. The molecule has 2 aromatic rings. The van der Waals surface area contributed by atoms with E-state index in [0.717, 1.165) is 5.56 Å². The van der Waals surface area contributed by atoms with Gasteiger partial charge >= 0.3 is 0 Å². The van der Waals surface area contributed by atoms with Gasteiger partial charge in [-0.25, -0.2) is 8.78 Å². The van der Waals surface area contributed by atoms with Gasteiger partial charge in [0.1, 0.15) is 11.6 Å². The van der Waals surface area contributed by atoms with E-state index < -0.39 is 11.6 Å². The van der Waals surface area contributed by atoms with Gasteiger partial charge in [-0.15, -0.1) is 0 Å². The summed E-state index contributed by atoms with van der Waals surface area (Å²) in [5.74, 6) is -1.90. The first-order valence-electron chi connectivity index (χ1n) is 8.96. The molecule has 0 heterocycles. The van der Waals surface area contributed by atoms with Crippen LogP contribution < -0.4 is 0 Å². The molecule has 0 atom stereocenters. The van der Waals surface area contributed by atoms with Crippen molar-refractivity contribution in [3.05, 3.63) is 70.8 Å². The molecule has 144 valence electrons. The lowest BCUT2D eigenvalue weighted by molar-refractivity contribution is 0.0758. The molecule has 0 aliphatic heterocycles. The Morgan fingerprint density at radius 2 is 1.56 bits per heavy atom. The molecule has 0 bridgehead atoms. The molecule has 0 saturated carbocycles. The van der Waals surface area contributed by atoms with E-state index in [-0.39, 0.29) is 22.9 Å². The van der Waals surface area contributed by atoms with Gasteiger partial charge in [0.15, 0.2) is 0 Å². The van der Waals surface area contributed by atoms with Gasteiger partial charge in [-0.05, 0) is 50.1 Å². The van der Waals surface area contributed by atoms with E-state index in [1.54, 1.807) is 19.2 Å². The highest BCUT2D eigenvalue weighted by molar-refractivity contribution is 5.95. The third-order valence-corrected chi connectivity index (χ3v) is 4.53. The summed E-state index contributed by atoms with van der Waals surface area (Å²) < 4.78 is 27.9. The molecule has 0 unspecified atom stereocenters. The van der Waals surface area contributed by atoms with Gasteiger partial charge in [0.2, 0.25) is 0 Å². The zero-order valence-corrected chi connectivity index (χ0v) is 15.8. The molecule has 0 N–H and O–H groups in total. The number of likely N-dealkylation sites (N-methyl/N-ethyl adjacent to an activating group) is 1. The van der Waals surface area contributed by atoms with Gasteiger partial charge < -0.3 is 9.80 Å². The van der Waals surface area contributed by atoms with Crippen LogP contribution in [0.2, 0.25) is 0 Å². The Bertz CT molecular complexity index is 824. The zero-order chi connectivity index (χ0) is 20.0. The molecule has 0 aromatic heterocycles. The Hall–Kier alpha value is -2.76. The summed E-state index contributed by atoms with van der Waals surface area (Å²) in [7, 11) is 1.61. The van der Waals surface area contributed by atoms with Gasteiger partial charge in [-0.2, -0.15) is 0 Å². The van der Waals surface area contributed by atoms with Crippen LogP contribution in [-0.2, 0) is 6.42 Å². The van der Waals surface area contributed by atoms with Gasteiger partial charge in [-0.3, -0.25) is 9.59 Å². The normalized spacial score (nSPS) is 10.6. The quantitative estimate of drug-likeness (QED) is 0.740. The predicted molar refractivity (Wildman–Crippen MR) is 101 cm³/mol. The van der Waals surface area contributed by atoms with Crippen LogP contribution >= 0.6 is 0 Å². The number of hydrogen-bond acceptors (Lipinski definition) is 2. The Kier molecular flexibility index (Phi) is 7.05. The molecule has 27 heavy (non-hydrogen) atoms. The molecule has 6 heteroatoms. The van der Waals surface area contributed by atoms with Crippen molar-refractivity contribution in [2.75, 3.05) is 26.7 Å². The van der Waals surface area contributed by atoms with Gasteiger partial charge in [0, 0.05) is 26.7 Å². The number of carbonyl (C=O) groups excluding carboxylic acids is 2. The first-order chi connectivity index (χ1) is 12.9. The van der Waals surface area contributed by atoms with Crippen LogP contribution in [0, 0.1) is 11.6 Å². The Balaban J connectivity index is 2.14. The molecule has 0 fully saturated rings. The Morgan fingerprint density at radius 3 is 2.19 bits per heavy atom. The monoisotopic (exact) mass is 374 g/mol. The van der Waals surface area contributed by atoms with Gasteiger partial charge in [-0.1, -0.05) is 18.2 Å². The number of carbonyl (C=O) groups is 2. The fourth-order valence-electron chi connectivity index (χ4n) is 2.71. The summed E-state index contributed by atoms with van der Waals surface area (Å²) >= 11 is 0. The lowest BCUT2D eigenvalue weighted by Gasteiger charge is -2.21. The smallest absolute Gasteiger partial charge is 0.256 e. The first kappa shape index (κ1) is 20.6. The van der Waals surface area contributed by atoms with Crippen LogP contribution in [-0.4, -0.2) is 48.3 Å². The first-order valence-corrected chi connectivity index (χ1v) is 8.96. The minimum atomic E-state index is -0.571. The number of hydrogen-bond donors (Lipinski definition) is 0. The summed E-state index contributed by atoms with van der Waals surface area (Å²) in [4.78, 5) is 27.8. The van der Waals surface area contributed by atoms with E-state index in [4.69, 9.17) is 0 Å². The van der Waals surface area contributed by atoms with Crippen LogP contribution in [0.1, 0.15) is 40.1 Å². The molecule has 0 spiro atoms. The van der Waals surface area contributed by atoms with Crippen molar-refractivity contribution in [2.45, 2.75) is 20.3 Å². The Labute approximate surface area is 158 Å². The summed E-state index contributed by atoms with van der Waals surface area (Å²) in [5.41, 5.74) is 0.781. The number of benzene rings is 2. The second-order valence-corrected chi connectivity index (χ2v) is 6.25. The standard InChI is InChI=1S/C21H24F2N2O2/c1-4-24(3)20(26)17-14-15(10-11-19(17)23)12-13-25(5-2)21(27)16-8-6-7-9-18(16)22/h6-11,14H,4-5,12-13H2,1-3H3. The van der Waals surface area contributed by atoms with Crippen molar-refractivity contribution in [2.24, 2.45) is 0 Å². The topological polar surface area (TPSA) is 40.6 Å². The van der Waals surface area contributed by atoms with E-state index in [0.29, 0.717) is 26.1 Å². The second kappa shape index (κ2) is 9.26. The fraction of sp³-hybridized carbons (Fsp3) is 0.333. The molecule has 2 aromatic carbocycles. The van der Waals surface area contributed by atoms with E-state index in [1.807, 2.05) is 13.8 Å². The largest absolute Gasteiger partial charge is 0.342 e. The van der Waals surface area contributed by atoms with Crippen LogP contribution in [0.5, 0.6) is 0 Å². The molecule has 2 amide bonds. The van der Waals surface area contributed by atoms with E-state index in [2.05, 4.69) is 0 Å². The molecule has 0 aliphatic carbocycles. The number of nitrogens with zero attached hydrogens (tertiary/aromatic N) is 2. The van der Waals surface area contributed by atoms with Crippen molar-refractivity contribution < 1.29 is 18.4 Å². The maximum Gasteiger partial charge on any atom is 0.256 e. The summed E-state index contributed by atoms with van der Waals surface area (Å²) in [5, 5.41) is 0. The van der Waals surface area contributed by atoms with E-state index >= 15 is 0 Å². The summed E-state index contributed by atoms with van der Waals surface area (Å²) in [6, 6.07) is 10.2. The lowest BCUT2D eigenvalue weighted by Crippen LogP contribution is -2.33. The average Bonchev–Trinajstić information content (AvgIpc) is 2.68. The molecule has 0 radical (unpaired) electrons. The van der Waals surface area contributed by atoms with E-state index in [9.17, 15) is 18.4 Å². The molecular weight excluding hydrogens is 350 g/mol. The van der Waals surface area contributed by atoms with Crippen molar-refractivity contribution in [1.29, 1.82) is 0 Å². The number of halogens is 2. The summed E-state index contributed by atoms with van der Waals surface area (Å²) in [6.07, 6.45) is 0.435. The minimum Gasteiger partial charge on any atom is -0.342 e. The van der Waals surface area contributed by atoms with Crippen LogP contribution in [0.4, 0.5) is 8.78 Å². The molecule has 4 nitrogen and oxygen atoms in total. The molecular formula is C21H24F2N2O2. The average molecular weight is 374 g/mol. The van der Waals surface area contributed by atoms with Crippen molar-refractivity contribution in [1.82, 2.24) is 9.80 Å². The zero-order valence-electron chi connectivity index (χ0n) is 15.8. The lowest BCUT2D eigenvalue weighted by atomic mass is 10.1. The maximum atomic E-state index is 14.0. The SMILES string of the molecule is CCN(C)C(=O)c1cc(CCN(CC)C(=O)c2ccccc2F)ccc1F. The van der Waals surface area contributed by atoms with Crippen LogP contribution in [0.15, 0.2) is 42.5 Å². The van der Waals surface area contributed by atoms with Gasteiger partial charge in [0.25, 0.3) is 11.8 Å². The van der Waals surface area contributed by atoms with Crippen molar-refractivity contribution in [3.8, 4) is 0 Å². The highest BCUT2D eigenvalue weighted by Gasteiger charge is 2.19. The number of amides is 2. The van der Waals surface area contributed by atoms with Crippen LogP contribution in [0.25, 0.3) is 0 Å². The second-order valence-electron chi connectivity index (χ2n) is 6.25. The highest BCUT2D eigenvalue weighted by atomic mass is 19.1. The molecule has 0 aliphatic rings. The third kappa shape index (κ3) is 4.90. The number of rotatable bonds is 7. The maximum absolute atomic E-state index is 14.0. The molecule has 0 saturated heterocycles. The van der Waals surface area contributed by atoms with Crippen LogP contribution in [0.3, 0.4) is 0 Å². The highest BCUT2D eigenvalue weighted by Crippen LogP contribution is 2.15. The van der Waals surface area contributed by atoms with Gasteiger partial charge in [0.05, 0.1) is 11.1 Å². The Morgan fingerprint density at radius 1 is 0.889 bits per heavy atom. The van der Waals surface area contributed by atoms with E-state index in [1.165, 1.54) is 40.1 Å².